The number of primary amides is 1. The number of fused-ring (bicyclic) bond motifs is 1. The van der Waals surface area contributed by atoms with Crippen molar-refractivity contribution in [3.05, 3.63) is 77.8 Å². The van der Waals surface area contributed by atoms with E-state index in [1.54, 1.807) is 38.9 Å². The quantitative estimate of drug-likeness (QED) is 0.216. The van der Waals surface area contributed by atoms with Crippen molar-refractivity contribution in [2.24, 2.45) is 11.5 Å². The molecule has 5 aromatic rings. The number of anilines is 3. The monoisotopic (exact) mass is 555 g/mol. The number of nitrogens with two attached hydrogens (primary N) is 3. The number of hydrogen-bond acceptors (Lipinski definition) is 8. The average Bonchev–Trinajstić information content (AvgIpc) is 3.43. The summed E-state index contributed by atoms with van der Waals surface area (Å²) in [6.45, 7) is 0.359. The minimum Gasteiger partial charge on any atom is -0.493 e. The molecule has 0 radical (unpaired) electrons. The molecule has 5 rings (SSSR count). The van der Waals surface area contributed by atoms with Crippen molar-refractivity contribution >= 4 is 44.6 Å². The maximum Gasteiger partial charge on any atom is 0.323 e. The molecule has 0 saturated heterocycles. The van der Waals surface area contributed by atoms with Gasteiger partial charge in [-0.15, -0.1) is 11.3 Å². The van der Waals surface area contributed by atoms with Crippen LogP contribution in [0.25, 0.3) is 32.3 Å². The fourth-order valence-corrected chi connectivity index (χ4v) is 5.86. The SMILES string of the molecule is COc1cc(-c2cnc(N)c3c(-c4ccc(N(C(N)=O)c5cccc(CN)c5)cc4)csc23)cc(OC)c1OC. The number of ether oxygens (including phenoxy) is 3. The highest BCUT2D eigenvalue weighted by Gasteiger charge is 2.20. The summed E-state index contributed by atoms with van der Waals surface area (Å²) in [5.41, 5.74) is 23.7. The normalized spacial score (nSPS) is 10.9. The van der Waals surface area contributed by atoms with Crippen LogP contribution in [0.1, 0.15) is 5.56 Å². The molecule has 0 aliphatic rings. The van der Waals surface area contributed by atoms with E-state index in [-0.39, 0.29) is 0 Å². The number of amides is 2. The fourth-order valence-electron chi connectivity index (χ4n) is 4.74. The topological polar surface area (TPSA) is 139 Å². The van der Waals surface area contributed by atoms with Crippen LogP contribution in [-0.2, 0) is 6.54 Å². The van der Waals surface area contributed by atoms with Crippen molar-refractivity contribution in [3.63, 3.8) is 0 Å². The number of benzene rings is 3. The Labute approximate surface area is 235 Å². The molecular formula is C30H29N5O4S. The molecule has 3 aromatic carbocycles. The van der Waals surface area contributed by atoms with E-state index in [4.69, 9.17) is 31.4 Å². The molecule has 2 amide bonds. The molecule has 204 valence electrons. The van der Waals surface area contributed by atoms with Crippen molar-refractivity contribution in [3.8, 4) is 39.5 Å². The molecule has 10 heteroatoms. The van der Waals surface area contributed by atoms with Gasteiger partial charge in [0.05, 0.1) is 32.7 Å². The molecule has 0 aliphatic carbocycles. The van der Waals surface area contributed by atoms with E-state index in [1.807, 2.05) is 60.7 Å². The third-order valence-corrected chi connectivity index (χ3v) is 7.67. The molecule has 2 aromatic heterocycles. The lowest BCUT2D eigenvalue weighted by molar-refractivity contribution is 0.256. The molecule has 0 spiro atoms. The Balaban J connectivity index is 1.57. The summed E-state index contributed by atoms with van der Waals surface area (Å²) in [6, 6.07) is 18.2. The molecule has 0 bridgehead atoms. The number of carbonyl (C=O) groups excluding carboxylic acids is 1. The Morgan fingerprint density at radius 3 is 2.20 bits per heavy atom. The zero-order chi connectivity index (χ0) is 28.4. The molecule has 6 N–H and O–H groups in total. The van der Waals surface area contributed by atoms with Gasteiger partial charge in [0.25, 0.3) is 0 Å². The van der Waals surface area contributed by atoms with E-state index >= 15 is 0 Å². The van der Waals surface area contributed by atoms with Crippen molar-refractivity contribution in [2.75, 3.05) is 32.0 Å². The van der Waals surface area contributed by atoms with Gasteiger partial charge < -0.3 is 31.4 Å². The summed E-state index contributed by atoms with van der Waals surface area (Å²) in [5, 5.41) is 2.89. The van der Waals surface area contributed by atoms with Gasteiger partial charge in [0.15, 0.2) is 11.5 Å². The van der Waals surface area contributed by atoms with Crippen LogP contribution in [0, 0.1) is 0 Å². The number of methoxy groups -OCH3 is 3. The standard InChI is InChI=1S/C30H29N5O4S/c1-37-24-12-19(13-25(38-2)27(24)39-3)22-15-34-29(32)26-23(16-40-28(22)26)18-7-9-20(10-8-18)35(30(33)36)21-6-4-5-17(11-21)14-31/h4-13,15-16H,14,31H2,1-3H3,(H2,32,34)(H2,33,36). The van der Waals surface area contributed by atoms with Crippen LogP contribution in [-0.4, -0.2) is 32.3 Å². The van der Waals surface area contributed by atoms with Crippen molar-refractivity contribution < 1.29 is 19.0 Å². The number of pyridine rings is 1. The number of nitrogen functional groups attached to an aromatic ring is 1. The summed E-state index contributed by atoms with van der Waals surface area (Å²) in [4.78, 5) is 18.4. The van der Waals surface area contributed by atoms with Crippen LogP contribution in [0.15, 0.2) is 72.2 Å². The van der Waals surface area contributed by atoms with Crippen LogP contribution in [0.5, 0.6) is 17.2 Å². The predicted molar refractivity (Wildman–Crippen MR) is 161 cm³/mol. The first-order valence-electron chi connectivity index (χ1n) is 12.3. The first-order valence-corrected chi connectivity index (χ1v) is 13.2. The number of urea groups is 1. The van der Waals surface area contributed by atoms with Crippen LogP contribution >= 0.6 is 11.3 Å². The van der Waals surface area contributed by atoms with Crippen LogP contribution in [0.3, 0.4) is 0 Å². The highest BCUT2D eigenvalue weighted by atomic mass is 32.1. The van der Waals surface area contributed by atoms with Gasteiger partial charge in [-0.05, 0) is 58.5 Å². The fraction of sp³-hybridized carbons (Fsp3) is 0.133. The van der Waals surface area contributed by atoms with Gasteiger partial charge in [-0.1, -0.05) is 24.3 Å². The van der Waals surface area contributed by atoms with E-state index in [0.717, 1.165) is 37.9 Å². The predicted octanol–water partition coefficient (Wildman–Crippen LogP) is 5.91. The molecule has 40 heavy (non-hydrogen) atoms. The molecule has 0 atom stereocenters. The largest absolute Gasteiger partial charge is 0.493 e. The third kappa shape index (κ3) is 4.74. The second-order valence-corrected chi connectivity index (χ2v) is 9.80. The highest BCUT2D eigenvalue weighted by molar-refractivity contribution is 7.18. The van der Waals surface area contributed by atoms with Gasteiger partial charge in [-0.25, -0.2) is 9.78 Å². The zero-order valence-corrected chi connectivity index (χ0v) is 23.1. The van der Waals surface area contributed by atoms with E-state index in [9.17, 15) is 4.79 Å². The molecular weight excluding hydrogens is 526 g/mol. The van der Waals surface area contributed by atoms with Crippen LogP contribution < -0.4 is 36.3 Å². The summed E-state index contributed by atoms with van der Waals surface area (Å²) >= 11 is 1.57. The number of aromatic nitrogens is 1. The lowest BCUT2D eigenvalue weighted by Gasteiger charge is -2.21. The maximum absolute atomic E-state index is 12.4. The molecule has 0 unspecified atom stereocenters. The highest BCUT2D eigenvalue weighted by Crippen LogP contribution is 2.46. The van der Waals surface area contributed by atoms with Gasteiger partial charge in [0.1, 0.15) is 5.82 Å². The second kappa shape index (κ2) is 11.1. The Morgan fingerprint density at radius 1 is 0.900 bits per heavy atom. The molecule has 2 heterocycles. The Kier molecular flexibility index (Phi) is 7.45. The third-order valence-electron chi connectivity index (χ3n) is 6.66. The van der Waals surface area contributed by atoms with Crippen molar-refractivity contribution in [1.82, 2.24) is 4.98 Å². The van der Waals surface area contributed by atoms with E-state index in [0.29, 0.717) is 41.0 Å². The Morgan fingerprint density at radius 2 is 1.60 bits per heavy atom. The van der Waals surface area contributed by atoms with E-state index in [2.05, 4.69) is 10.4 Å². The molecule has 0 fully saturated rings. The van der Waals surface area contributed by atoms with Gasteiger partial charge in [-0.2, -0.15) is 0 Å². The number of carbonyl (C=O) groups is 1. The van der Waals surface area contributed by atoms with Gasteiger partial charge in [0, 0.05) is 34.0 Å². The first-order chi connectivity index (χ1) is 19.4. The number of thiophene rings is 1. The Bertz CT molecular complexity index is 1680. The minimum absolute atomic E-state index is 0.359. The average molecular weight is 556 g/mol. The maximum atomic E-state index is 12.4. The number of rotatable bonds is 8. The summed E-state index contributed by atoms with van der Waals surface area (Å²) < 4.78 is 17.6. The lowest BCUT2D eigenvalue weighted by atomic mass is 10.0. The van der Waals surface area contributed by atoms with Gasteiger partial charge in [0.2, 0.25) is 5.75 Å². The minimum atomic E-state index is -0.591. The van der Waals surface area contributed by atoms with Gasteiger partial charge >= 0.3 is 6.03 Å². The summed E-state index contributed by atoms with van der Waals surface area (Å²) in [6.07, 6.45) is 1.75. The van der Waals surface area contributed by atoms with Crippen LogP contribution in [0.4, 0.5) is 22.0 Å². The molecule has 0 saturated carbocycles. The smallest absolute Gasteiger partial charge is 0.323 e. The summed E-state index contributed by atoms with van der Waals surface area (Å²) in [5.74, 6) is 2.03. The number of hydrogen-bond donors (Lipinski definition) is 3. The summed E-state index contributed by atoms with van der Waals surface area (Å²) in [7, 11) is 4.73. The van der Waals surface area contributed by atoms with E-state index < -0.39 is 6.03 Å². The molecule has 9 nitrogen and oxygen atoms in total. The zero-order valence-electron chi connectivity index (χ0n) is 22.3. The van der Waals surface area contributed by atoms with Crippen molar-refractivity contribution in [1.29, 1.82) is 0 Å². The Hall–Kier alpha value is -4.80. The first kappa shape index (κ1) is 26.8. The number of nitrogens with zero attached hydrogens (tertiary/aromatic N) is 2. The lowest BCUT2D eigenvalue weighted by Crippen LogP contribution is -2.31. The van der Waals surface area contributed by atoms with Crippen LogP contribution in [0.2, 0.25) is 0 Å². The second-order valence-electron chi connectivity index (χ2n) is 8.92. The van der Waals surface area contributed by atoms with Crippen molar-refractivity contribution in [2.45, 2.75) is 6.54 Å². The van der Waals surface area contributed by atoms with E-state index in [1.165, 1.54) is 4.90 Å². The molecule has 0 aliphatic heterocycles. The van der Waals surface area contributed by atoms with Gasteiger partial charge in [-0.3, -0.25) is 4.90 Å².